The Hall–Kier alpha value is -2.58. The summed E-state index contributed by atoms with van der Waals surface area (Å²) >= 11 is 0. The SMILES string of the molecule is CC/C=C\C/C=C\C/C=C\C/C=C\C/C=C\CCCCCCCCCCCCCCCCCCCC(=O)NC(COP(=O)(O)OCC[N+](C)(C)C)C(O)/C=C/CC/C=C/CC/C=C/CCCCCCCCCCCCCCCCCCCCCC. The number of nitrogens with zero attached hydrogens (tertiary/aromatic N) is 1. The Morgan fingerprint density at radius 3 is 1.08 bits per heavy atom. The first-order chi connectivity index (χ1) is 41.5. The molecule has 0 heterocycles. The van der Waals surface area contributed by atoms with Gasteiger partial charge in [0.2, 0.25) is 5.91 Å². The number of aliphatic hydroxyl groups is 1. The molecule has 3 unspecified atom stereocenters. The van der Waals surface area contributed by atoms with Crippen LogP contribution in [0.1, 0.15) is 328 Å². The summed E-state index contributed by atoms with van der Waals surface area (Å²) in [6, 6.07) is -0.876. The molecule has 494 valence electrons. The third-order valence-corrected chi connectivity index (χ3v) is 17.0. The number of carbonyl (C=O) groups is 1. The van der Waals surface area contributed by atoms with Gasteiger partial charge in [-0.1, -0.05) is 329 Å². The number of nitrogens with one attached hydrogen (secondary N) is 1. The highest BCUT2D eigenvalue weighted by Gasteiger charge is 2.28. The van der Waals surface area contributed by atoms with Crippen molar-refractivity contribution in [2.75, 3.05) is 40.9 Å². The van der Waals surface area contributed by atoms with Crippen molar-refractivity contribution in [2.45, 2.75) is 341 Å². The quantitative estimate of drug-likeness (QED) is 0.0243. The normalized spacial score (nSPS) is 14.2. The third kappa shape index (κ3) is 68.8. The van der Waals surface area contributed by atoms with Crippen molar-refractivity contribution in [3.8, 4) is 0 Å². The molecular formula is C76H140N2O6P+. The number of allylic oxidation sites excluding steroid dienone is 15. The van der Waals surface area contributed by atoms with E-state index in [9.17, 15) is 19.4 Å². The van der Waals surface area contributed by atoms with Crippen molar-refractivity contribution in [1.29, 1.82) is 0 Å². The first-order valence-electron chi connectivity index (χ1n) is 36.1. The van der Waals surface area contributed by atoms with Crippen LogP contribution in [0.5, 0.6) is 0 Å². The van der Waals surface area contributed by atoms with Gasteiger partial charge in [-0.05, 0) is 89.9 Å². The van der Waals surface area contributed by atoms with Crippen LogP contribution in [-0.4, -0.2) is 73.4 Å². The van der Waals surface area contributed by atoms with Crippen LogP contribution in [0.15, 0.2) is 97.2 Å². The molecule has 0 bridgehead atoms. The van der Waals surface area contributed by atoms with Gasteiger partial charge in [0.15, 0.2) is 0 Å². The number of unbranched alkanes of at least 4 members (excludes halogenated alkanes) is 39. The fourth-order valence-corrected chi connectivity index (χ4v) is 11.2. The summed E-state index contributed by atoms with van der Waals surface area (Å²) in [6.07, 6.45) is 95.7. The molecule has 0 rings (SSSR count). The lowest BCUT2D eigenvalue weighted by Gasteiger charge is -2.25. The number of quaternary nitrogens is 1. The summed E-state index contributed by atoms with van der Waals surface area (Å²) in [7, 11) is 1.55. The molecule has 0 aliphatic carbocycles. The van der Waals surface area contributed by atoms with Gasteiger partial charge >= 0.3 is 7.82 Å². The van der Waals surface area contributed by atoms with E-state index in [1.807, 2.05) is 27.2 Å². The second-order valence-electron chi connectivity index (χ2n) is 25.6. The van der Waals surface area contributed by atoms with E-state index in [-0.39, 0.29) is 19.1 Å². The number of aliphatic hydroxyl groups excluding tert-OH is 1. The Morgan fingerprint density at radius 1 is 0.412 bits per heavy atom. The molecule has 0 aliphatic heterocycles. The van der Waals surface area contributed by atoms with Crippen molar-refractivity contribution in [1.82, 2.24) is 5.32 Å². The van der Waals surface area contributed by atoms with E-state index in [0.29, 0.717) is 17.4 Å². The Bertz CT molecular complexity index is 1710. The predicted octanol–water partition coefficient (Wildman–Crippen LogP) is 23.3. The second kappa shape index (κ2) is 65.9. The molecule has 0 radical (unpaired) electrons. The molecule has 0 aromatic heterocycles. The van der Waals surface area contributed by atoms with Gasteiger partial charge in [0, 0.05) is 6.42 Å². The molecule has 0 aliphatic rings. The smallest absolute Gasteiger partial charge is 0.387 e. The number of phosphoric acid groups is 1. The number of likely N-dealkylation sites (N-methyl/N-ethyl adjacent to an activating group) is 1. The van der Waals surface area contributed by atoms with Gasteiger partial charge in [-0.2, -0.15) is 0 Å². The van der Waals surface area contributed by atoms with Gasteiger partial charge in [-0.25, -0.2) is 4.57 Å². The lowest BCUT2D eigenvalue weighted by Crippen LogP contribution is -2.45. The van der Waals surface area contributed by atoms with E-state index in [2.05, 4.69) is 104 Å². The van der Waals surface area contributed by atoms with E-state index in [1.54, 1.807) is 6.08 Å². The first kappa shape index (κ1) is 82.4. The van der Waals surface area contributed by atoms with Gasteiger partial charge in [0.05, 0.1) is 39.9 Å². The minimum Gasteiger partial charge on any atom is -0.387 e. The molecule has 0 saturated heterocycles. The molecule has 0 fully saturated rings. The van der Waals surface area contributed by atoms with Gasteiger partial charge in [0.1, 0.15) is 13.2 Å². The summed E-state index contributed by atoms with van der Waals surface area (Å²) in [4.78, 5) is 23.4. The predicted molar refractivity (Wildman–Crippen MR) is 373 cm³/mol. The number of carbonyl (C=O) groups excluding carboxylic acids is 1. The molecule has 0 aromatic rings. The maximum atomic E-state index is 13.1. The Kier molecular flexibility index (Phi) is 63.9. The molecule has 1 amide bonds. The zero-order valence-corrected chi connectivity index (χ0v) is 57.5. The number of phosphoric ester groups is 1. The maximum absolute atomic E-state index is 13.1. The van der Waals surface area contributed by atoms with Crippen molar-refractivity contribution >= 4 is 13.7 Å². The Morgan fingerprint density at radius 2 is 0.718 bits per heavy atom. The van der Waals surface area contributed by atoms with Crippen molar-refractivity contribution < 1.29 is 32.9 Å². The van der Waals surface area contributed by atoms with Crippen LogP contribution in [0.25, 0.3) is 0 Å². The highest BCUT2D eigenvalue weighted by Crippen LogP contribution is 2.43. The number of amides is 1. The lowest BCUT2D eigenvalue weighted by atomic mass is 10.0. The molecule has 0 aromatic carbocycles. The van der Waals surface area contributed by atoms with Gasteiger partial charge in [-0.15, -0.1) is 0 Å². The van der Waals surface area contributed by atoms with Crippen LogP contribution in [0.3, 0.4) is 0 Å². The first-order valence-corrected chi connectivity index (χ1v) is 37.6. The van der Waals surface area contributed by atoms with Gasteiger partial charge < -0.3 is 19.8 Å². The zero-order valence-electron chi connectivity index (χ0n) is 56.6. The average molecular weight is 1210 g/mol. The minimum absolute atomic E-state index is 0.0511. The highest BCUT2D eigenvalue weighted by atomic mass is 31.2. The number of hydrogen-bond donors (Lipinski definition) is 3. The van der Waals surface area contributed by atoms with Crippen LogP contribution in [0.2, 0.25) is 0 Å². The standard InChI is InChI=1S/C76H139N2O6P/c1-6-8-10-12-14-16-18-20-22-24-26-28-30-32-34-36-38-39-40-42-44-46-48-50-52-54-56-58-60-62-64-66-68-70-76(80)77-74(73-84-85(81,82)83-72-71-78(3,4)5)75(79)69-67-65-63-61-59-57-55-53-51-49-47-45-43-41-37-35-33-31-29-27-25-23-21-19-17-15-13-11-9-7-2/h8,10,14,16,20,22,26,28,32,34,51,53,59,61,67,69,74-75,79H,6-7,9,11-13,15,17-19,21,23-25,27,29-31,33,35-50,52,54-58,60,62-66,68,70-73H2,1-5H3,(H-,77,80,81,82)/p+1/b10-8-,16-14-,22-20-,28-26-,34-32-,53-51+,61-59+,69-67+. The average Bonchev–Trinajstić information content (AvgIpc) is 3.49. The topological polar surface area (TPSA) is 105 Å². The highest BCUT2D eigenvalue weighted by molar-refractivity contribution is 7.47. The maximum Gasteiger partial charge on any atom is 0.472 e. The molecule has 3 atom stereocenters. The molecule has 8 nitrogen and oxygen atoms in total. The summed E-state index contributed by atoms with van der Waals surface area (Å²) in [5.41, 5.74) is 0. The summed E-state index contributed by atoms with van der Waals surface area (Å²) in [5, 5.41) is 14.0. The fraction of sp³-hybridized carbons (Fsp3) is 0.776. The van der Waals surface area contributed by atoms with Crippen LogP contribution in [0.4, 0.5) is 0 Å². The van der Waals surface area contributed by atoms with E-state index >= 15 is 0 Å². The van der Waals surface area contributed by atoms with Gasteiger partial charge in [0.25, 0.3) is 0 Å². The molecule has 3 N–H and O–H groups in total. The van der Waals surface area contributed by atoms with E-state index < -0.39 is 20.0 Å². The summed E-state index contributed by atoms with van der Waals surface area (Å²) < 4.78 is 23.8. The van der Waals surface area contributed by atoms with Crippen molar-refractivity contribution in [3.05, 3.63) is 97.2 Å². The van der Waals surface area contributed by atoms with Crippen LogP contribution < -0.4 is 5.32 Å². The molecule has 0 saturated carbocycles. The third-order valence-electron chi connectivity index (χ3n) is 16.0. The minimum atomic E-state index is -4.37. The van der Waals surface area contributed by atoms with E-state index in [1.165, 1.54) is 231 Å². The number of rotatable bonds is 66. The zero-order chi connectivity index (χ0) is 61.9. The summed E-state index contributed by atoms with van der Waals surface area (Å²) in [5.74, 6) is -0.189. The Balaban J connectivity index is 4.11. The molecule has 0 spiro atoms. The van der Waals surface area contributed by atoms with E-state index in [4.69, 9.17) is 9.05 Å². The van der Waals surface area contributed by atoms with E-state index in [0.717, 1.165) is 77.0 Å². The largest absolute Gasteiger partial charge is 0.472 e. The molecule has 9 heteroatoms. The van der Waals surface area contributed by atoms with Gasteiger partial charge in [-0.3, -0.25) is 13.8 Å². The lowest BCUT2D eigenvalue weighted by molar-refractivity contribution is -0.870. The van der Waals surface area contributed by atoms with Crippen LogP contribution >= 0.6 is 7.82 Å². The molecule has 85 heavy (non-hydrogen) atoms. The van der Waals surface area contributed by atoms with Crippen molar-refractivity contribution in [2.24, 2.45) is 0 Å². The van der Waals surface area contributed by atoms with Crippen LogP contribution in [-0.2, 0) is 18.4 Å². The Labute approximate surface area is 528 Å². The van der Waals surface area contributed by atoms with Crippen LogP contribution in [0, 0.1) is 0 Å². The monoisotopic (exact) mass is 1210 g/mol. The number of hydrogen-bond acceptors (Lipinski definition) is 5. The summed E-state index contributed by atoms with van der Waals surface area (Å²) in [6.45, 7) is 4.71. The second-order valence-corrected chi connectivity index (χ2v) is 27.0. The fourth-order valence-electron chi connectivity index (χ4n) is 10.5. The van der Waals surface area contributed by atoms with Crippen molar-refractivity contribution in [3.63, 3.8) is 0 Å². The molecular weight excluding hydrogens is 1070 g/mol.